The van der Waals surface area contributed by atoms with Crippen molar-refractivity contribution in [3.05, 3.63) is 0 Å². The van der Waals surface area contributed by atoms with E-state index in [1.54, 1.807) is 0 Å². The summed E-state index contributed by atoms with van der Waals surface area (Å²) in [4.78, 5) is 2.83. The quantitative estimate of drug-likeness (QED) is 0.779. The number of fused-ring (bicyclic) bond motifs is 1. The monoisotopic (exact) mass is 252 g/mol. The van der Waals surface area contributed by atoms with Crippen LogP contribution in [0.3, 0.4) is 0 Å². The molecule has 1 aliphatic carbocycles. The van der Waals surface area contributed by atoms with Gasteiger partial charge in [-0.15, -0.1) is 0 Å². The molecule has 3 atom stereocenters. The first kappa shape index (κ1) is 14.3. The number of rotatable bonds is 6. The Morgan fingerprint density at radius 2 is 1.89 bits per heavy atom. The first-order chi connectivity index (χ1) is 8.85. The van der Waals surface area contributed by atoms with Gasteiger partial charge in [0.1, 0.15) is 0 Å². The van der Waals surface area contributed by atoms with E-state index in [0.29, 0.717) is 0 Å². The van der Waals surface area contributed by atoms with E-state index in [9.17, 15) is 0 Å². The molecule has 1 saturated heterocycles. The lowest BCUT2D eigenvalue weighted by Gasteiger charge is -2.45. The third-order valence-electron chi connectivity index (χ3n) is 4.94. The van der Waals surface area contributed by atoms with E-state index in [0.717, 1.165) is 24.5 Å². The van der Waals surface area contributed by atoms with Gasteiger partial charge < -0.3 is 5.32 Å². The van der Waals surface area contributed by atoms with Crippen molar-refractivity contribution in [2.45, 2.75) is 77.3 Å². The predicted octanol–water partition coefficient (Wildman–Crippen LogP) is 3.42. The van der Waals surface area contributed by atoms with E-state index in [4.69, 9.17) is 0 Å². The molecule has 0 amide bonds. The minimum absolute atomic E-state index is 0.723. The standard InChI is InChI=1S/C16H32N2/c1-3-8-15(17-4-2)13-18-12-7-10-14-9-5-6-11-16(14)18/h14-17H,3-13H2,1-2H3/t14-,15?,16-/m1/s1. The number of nitrogens with zero attached hydrogens (tertiary/aromatic N) is 1. The average Bonchev–Trinajstić information content (AvgIpc) is 2.40. The number of likely N-dealkylation sites (tertiary alicyclic amines) is 1. The highest BCUT2D eigenvalue weighted by atomic mass is 15.2. The third-order valence-corrected chi connectivity index (χ3v) is 4.94. The van der Waals surface area contributed by atoms with Gasteiger partial charge in [0, 0.05) is 18.6 Å². The Labute approximate surface area is 114 Å². The van der Waals surface area contributed by atoms with E-state index in [-0.39, 0.29) is 0 Å². The minimum Gasteiger partial charge on any atom is -0.313 e. The smallest absolute Gasteiger partial charge is 0.0194 e. The second-order valence-corrected chi connectivity index (χ2v) is 6.29. The molecular weight excluding hydrogens is 220 g/mol. The Morgan fingerprint density at radius 1 is 1.11 bits per heavy atom. The summed E-state index contributed by atoms with van der Waals surface area (Å²) in [5.74, 6) is 1.02. The van der Waals surface area contributed by atoms with Gasteiger partial charge in [-0.3, -0.25) is 4.90 Å². The Hall–Kier alpha value is -0.0800. The van der Waals surface area contributed by atoms with E-state index in [1.807, 2.05) is 0 Å². The molecule has 0 aromatic rings. The predicted molar refractivity (Wildman–Crippen MR) is 78.9 cm³/mol. The van der Waals surface area contributed by atoms with Crippen molar-refractivity contribution < 1.29 is 0 Å². The van der Waals surface area contributed by atoms with Gasteiger partial charge in [-0.2, -0.15) is 0 Å². The molecule has 1 N–H and O–H groups in total. The summed E-state index contributed by atoms with van der Waals surface area (Å²) in [6.07, 6.45) is 11.5. The maximum atomic E-state index is 3.68. The number of piperidine rings is 1. The molecule has 2 rings (SSSR count). The summed E-state index contributed by atoms with van der Waals surface area (Å²) in [5.41, 5.74) is 0. The van der Waals surface area contributed by atoms with Crippen LogP contribution in [0.25, 0.3) is 0 Å². The van der Waals surface area contributed by atoms with Gasteiger partial charge in [-0.05, 0) is 51.1 Å². The van der Waals surface area contributed by atoms with Crippen LogP contribution in [-0.4, -0.2) is 36.6 Å². The molecule has 1 unspecified atom stereocenters. The largest absolute Gasteiger partial charge is 0.313 e. The molecule has 2 heteroatoms. The zero-order valence-electron chi connectivity index (χ0n) is 12.5. The highest BCUT2D eigenvalue weighted by molar-refractivity contribution is 4.89. The lowest BCUT2D eigenvalue weighted by molar-refractivity contribution is 0.0522. The highest BCUT2D eigenvalue weighted by Crippen LogP contribution is 2.35. The molecule has 18 heavy (non-hydrogen) atoms. The van der Waals surface area contributed by atoms with Crippen LogP contribution >= 0.6 is 0 Å². The molecule has 1 saturated carbocycles. The molecule has 0 radical (unpaired) electrons. The zero-order chi connectivity index (χ0) is 12.8. The molecule has 1 aliphatic heterocycles. The van der Waals surface area contributed by atoms with Crippen LogP contribution < -0.4 is 5.32 Å². The minimum atomic E-state index is 0.723. The van der Waals surface area contributed by atoms with Crippen LogP contribution in [-0.2, 0) is 0 Å². The van der Waals surface area contributed by atoms with Crippen LogP contribution in [0.4, 0.5) is 0 Å². The summed E-state index contributed by atoms with van der Waals surface area (Å²) in [7, 11) is 0. The summed E-state index contributed by atoms with van der Waals surface area (Å²) in [5, 5.41) is 3.68. The number of nitrogens with one attached hydrogen (secondary N) is 1. The van der Waals surface area contributed by atoms with Crippen molar-refractivity contribution in [3.63, 3.8) is 0 Å². The van der Waals surface area contributed by atoms with Gasteiger partial charge in [-0.25, -0.2) is 0 Å². The van der Waals surface area contributed by atoms with E-state index in [2.05, 4.69) is 24.1 Å². The maximum absolute atomic E-state index is 3.68. The average molecular weight is 252 g/mol. The van der Waals surface area contributed by atoms with Crippen molar-refractivity contribution in [1.29, 1.82) is 0 Å². The summed E-state index contributed by atoms with van der Waals surface area (Å²) in [6, 6.07) is 1.64. The van der Waals surface area contributed by atoms with Gasteiger partial charge >= 0.3 is 0 Å². The number of hydrogen-bond donors (Lipinski definition) is 1. The fraction of sp³-hybridized carbons (Fsp3) is 1.00. The SMILES string of the molecule is CCCC(CN1CCC[C@H]2CCCC[C@H]21)NCC. The first-order valence-electron chi connectivity index (χ1n) is 8.32. The van der Waals surface area contributed by atoms with Crippen LogP contribution in [0, 0.1) is 5.92 Å². The van der Waals surface area contributed by atoms with Crippen LogP contribution in [0.15, 0.2) is 0 Å². The maximum Gasteiger partial charge on any atom is 0.0194 e. The molecule has 2 aliphatic rings. The van der Waals surface area contributed by atoms with Crippen molar-refractivity contribution in [2.75, 3.05) is 19.6 Å². The van der Waals surface area contributed by atoms with Gasteiger partial charge in [0.05, 0.1) is 0 Å². The van der Waals surface area contributed by atoms with Gasteiger partial charge in [0.2, 0.25) is 0 Å². The molecule has 106 valence electrons. The first-order valence-corrected chi connectivity index (χ1v) is 8.32. The molecule has 0 spiro atoms. The normalized spacial score (nSPS) is 31.0. The van der Waals surface area contributed by atoms with Crippen molar-refractivity contribution >= 4 is 0 Å². The Bertz CT molecular complexity index is 221. The Kier molecular flexibility index (Phi) is 5.97. The molecule has 1 heterocycles. The number of hydrogen-bond acceptors (Lipinski definition) is 2. The fourth-order valence-electron chi connectivity index (χ4n) is 4.13. The van der Waals surface area contributed by atoms with E-state index >= 15 is 0 Å². The molecule has 2 fully saturated rings. The van der Waals surface area contributed by atoms with E-state index < -0.39 is 0 Å². The Balaban J connectivity index is 1.88. The molecule has 0 aromatic heterocycles. The topological polar surface area (TPSA) is 15.3 Å². The zero-order valence-corrected chi connectivity index (χ0v) is 12.5. The van der Waals surface area contributed by atoms with Crippen LogP contribution in [0.2, 0.25) is 0 Å². The van der Waals surface area contributed by atoms with Crippen molar-refractivity contribution in [2.24, 2.45) is 5.92 Å². The van der Waals surface area contributed by atoms with Gasteiger partial charge in [0.25, 0.3) is 0 Å². The number of likely N-dealkylation sites (N-methyl/N-ethyl adjacent to an activating group) is 1. The lowest BCUT2D eigenvalue weighted by atomic mass is 9.78. The summed E-state index contributed by atoms with van der Waals surface area (Å²) < 4.78 is 0. The molecule has 0 bridgehead atoms. The lowest BCUT2D eigenvalue weighted by Crippen LogP contribution is -2.51. The summed E-state index contributed by atoms with van der Waals surface area (Å²) >= 11 is 0. The molecular formula is C16H32N2. The van der Waals surface area contributed by atoms with Crippen LogP contribution in [0.5, 0.6) is 0 Å². The fourth-order valence-corrected chi connectivity index (χ4v) is 4.13. The van der Waals surface area contributed by atoms with Gasteiger partial charge in [-0.1, -0.05) is 33.1 Å². The second kappa shape index (κ2) is 7.49. The highest BCUT2D eigenvalue weighted by Gasteiger charge is 2.33. The van der Waals surface area contributed by atoms with Crippen LogP contribution in [0.1, 0.15) is 65.2 Å². The van der Waals surface area contributed by atoms with Crippen molar-refractivity contribution in [3.8, 4) is 0 Å². The third kappa shape index (κ3) is 3.71. The van der Waals surface area contributed by atoms with Crippen molar-refractivity contribution in [1.82, 2.24) is 10.2 Å². The Morgan fingerprint density at radius 3 is 2.67 bits per heavy atom. The second-order valence-electron chi connectivity index (χ2n) is 6.29. The van der Waals surface area contributed by atoms with E-state index in [1.165, 1.54) is 64.5 Å². The molecule has 0 aromatic carbocycles. The van der Waals surface area contributed by atoms with Gasteiger partial charge in [0.15, 0.2) is 0 Å². The summed E-state index contributed by atoms with van der Waals surface area (Å²) in [6.45, 7) is 8.31. The molecule has 2 nitrogen and oxygen atoms in total.